The number of alkyl halides is 1. The van der Waals surface area contributed by atoms with Crippen molar-refractivity contribution in [2.75, 3.05) is 0 Å². The van der Waals surface area contributed by atoms with Crippen LogP contribution in [0.5, 0.6) is 0 Å². The SMILES string of the molecule is NC(=O)C1=NC(=O)C(Br)C=C1Cl. The van der Waals surface area contributed by atoms with Crippen LogP contribution >= 0.6 is 27.5 Å². The number of nitrogens with two attached hydrogens (primary N) is 1. The number of amides is 2. The maximum atomic E-state index is 10.9. The van der Waals surface area contributed by atoms with Crippen LogP contribution in [-0.4, -0.2) is 22.4 Å². The molecule has 1 rings (SSSR count). The second-order valence-electron chi connectivity index (χ2n) is 2.08. The lowest BCUT2D eigenvalue weighted by atomic mass is 10.2. The lowest BCUT2D eigenvalue weighted by molar-refractivity contribution is -0.117. The van der Waals surface area contributed by atoms with Crippen molar-refractivity contribution in [1.82, 2.24) is 0 Å². The molecule has 0 radical (unpaired) electrons. The van der Waals surface area contributed by atoms with Crippen LogP contribution in [0.1, 0.15) is 0 Å². The zero-order valence-electron chi connectivity index (χ0n) is 5.75. The molecule has 0 fully saturated rings. The second kappa shape index (κ2) is 3.37. The van der Waals surface area contributed by atoms with Crippen LogP contribution in [-0.2, 0) is 9.59 Å². The van der Waals surface area contributed by atoms with Gasteiger partial charge in [-0.3, -0.25) is 9.59 Å². The smallest absolute Gasteiger partial charge is 0.268 e. The molecule has 1 atom stereocenters. The molecule has 0 aromatic heterocycles. The highest BCUT2D eigenvalue weighted by Crippen LogP contribution is 2.17. The first-order chi connectivity index (χ1) is 5.52. The fraction of sp³-hybridized carbons (Fsp3) is 0.167. The summed E-state index contributed by atoms with van der Waals surface area (Å²) >= 11 is 8.59. The molecule has 2 amide bonds. The number of hydrogen-bond donors (Lipinski definition) is 1. The van der Waals surface area contributed by atoms with Crippen LogP contribution in [0, 0.1) is 0 Å². The Bertz CT molecular complexity index is 311. The fourth-order valence-corrected chi connectivity index (χ4v) is 1.46. The average Bonchev–Trinajstić information content (AvgIpc) is 1.96. The Morgan fingerprint density at radius 3 is 2.83 bits per heavy atom. The van der Waals surface area contributed by atoms with E-state index in [-0.39, 0.29) is 10.7 Å². The topological polar surface area (TPSA) is 72.5 Å². The van der Waals surface area contributed by atoms with Crippen LogP contribution in [0.15, 0.2) is 16.1 Å². The minimum atomic E-state index is -0.802. The highest BCUT2D eigenvalue weighted by molar-refractivity contribution is 9.10. The summed E-state index contributed by atoms with van der Waals surface area (Å²) in [6, 6.07) is 0. The van der Waals surface area contributed by atoms with E-state index in [4.69, 9.17) is 17.3 Å². The largest absolute Gasteiger partial charge is 0.364 e. The fourth-order valence-electron chi connectivity index (χ4n) is 0.677. The summed E-state index contributed by atoms with van der Waals surface area (Å²) in [5, 5.41) is 0.101. The van der Waals surface area contributed by atoms with Crippen LogP contribution in [0.4, 0.5) is 0 Å². The predicted octanol–water partition coefficient (Wildman–Crippen LogP) is 0.339. The lowest BCUT2D eigenvalue weighted by Crippen LogP contribution is -2.29. The number of halogens is 2. The minimum absolute atomic E-state index is 0.101. The molecule has 0 saturated carbocycles. The normalized spacial score (nSPS) is 23.2. The molecule has 1 unspecified atom stereocenters. The van der Waals surface area contributed by atoms with Gasteiger partial charge in [-0.25, -0.2) is 4.99 Å². The van der Waals surface area contributed by atoms with Crippen molar-refractivity contribution in [1.29, 1.82) is 0 Å². The van der Waals surface area contributed by atoms with Crippen molar-refractivity contribution in [3.8, 4) is 0 Å². The quantitative estimate of drug-likeness (QED) is 0.683. The van der Waals surface area contributed by atoms with Crippen LogP contribution in [0.2, 0.25) is 0 Å². The van der Waals surface area contributed by atoms with E-state index in [2.05, 4.69) is 20.9 Å². The molecule has 2 N–H and O–H groups in total. The Hall–Kier alpha value is -0.680. The number of carbonyl (C=O) groups excluding carboxylic acids is 2. The molecule has 0 spiro atoms. The molecule has 12 heavy (non-hydrogen) atoms. The van der Waals surface area contributed by atoms with Gasteiger partial charge in [-0.2, -0.15) is 0 Å². The zero-order valence-corrected chi connectivity index (χ0v) is 8.09. The summed E-state index contributed by atoms with van der Waals surface area (Å²) in [5.41, 5.74) is 4.72. The van der Waals surface area contributed by atoms with Crippen molar-refractivity contribution in [3.05, 3.63) is 11.1 Å². The first-order valence-electron chi connectivity index (χ1n) is 2.96. The first kappa shape index (κ1) is 9.41. The molecule has 6 heteroatoms. The lowest BCUT2D eigenvalue weighted by Gasteiger charge is -2.08. The number of nitrogens with zero attached hydrogens (tertiary/aromatic N) is 1. The number of rotatable bonds is 1. The molecule has 64 valence electrons. The number of hydrogen-bond acceptors (Lipinski definition) is 2. The molecule has 0 aromatic rings. The van der Waals surface area contributed by atoms with Gasteiger partial charge in [-0.05, 0) is 6.08 Å². The van der Waals surface area contributed by atoms with Crippen LogP contribution in [0.3, 0.4) is 0 Å². The van der Waals surface area contributed by atoms with Gasteiger partial charge in [0.25, 0.3) is 11.8 Å². The van der Waals surface area contributed by atoms with Crippen LogP contribution in [0.25, 0.3) is 0 Å². The molecule has 1 aliphatic heterocycles. The maximum absolute atomic E-state index is 10.9. The standard InChI is InChI=1S/C6H4BrClN2O2/c7-2-1-3(8)4(5(9)11)10-6(2)12/h1-2H,(H2,9,11). The summed E-state index contributed by atoms with van der Waals surface area (Å²) in [5.74, 6) is -1.28. The molecule has 1 aliphatic rings. The highest BCUT2D eigenvalue weighted by Gasteiger charge is 2.23. The Balaban J connectivity index is 3.04. The molecule has 4 nitrogen and oxygen atoms in total. The third-order valence-corrected chi connectivity index (χ3v) is 2.17. The van der Waals surface area contributed by atoms with Crippen LogP contribution < -0.4 is 5.73 Å². The molecule has 1 heterocycles. The van der Waals surface area contributed by atoms with Gasteiger partial charge in [-0.1, -0.05) is 27.5 Å². The van der Waals surface area contributed by atoms with E-state index in [1.807, 2.05) is 0 Å². The third-order valence-electron chi connectivity index (χ3n) is 1.21. The van der Waals surface area contributed by atoms with Gasteiger partial charge in [0.1, 0.15) is 10.5 Å². The van der Waals surface area contributed by atoms with Crippen molar-refractivity contribution < 1.29 is 9.59 Å². The number of primary amides is 1. The number of carbonyl (C=O) groups is 2. The summed E-state index contributed by atoms with van der Waals surface area (Å²) < 4.78 is 0. The van der Waals surface area contributed by atoms with Gasteiger partial charge in [0.2, 0.25) is 0 Å². The van der Waals surface area contributed by atoms with Crippen molar-refractivity contribution in [2.24, 2.45) is 10.7 Å². The van der Waals surface area contributed by atoms with Gasteiger partial charge >= 0.3 is 0 Å². The molecule has 0 saturated heterocycles. The summed E-state index contributed by atoms with van der Waals surface area (Å²) in [6.45, 7) is 0. The van der Waals surface area contributed by atoms with Crippen molar-refractivity contribution in [3.63, 3.8) is 0 Å². The molecule has 0 bridgehead atoms. The summed E-state index contributed by atoms with van der Waals surface area (Å²) in [7, 11) is 0. The average molecular weight is 251 g/mol. The van der Waals surface area contributed by atoms with Crippen molar-refractivity contribution in [2.45, 2.75) is 4.83 Å². The van der Waals surface area contributed by atoms with Gasteiger partial charge < -0.3 is 5.73 Å². The van der Waals surface area contributed by atoms with E-state index in [1.165, 1.54) is 6.08 Å². The van der Waals surface area contributed by atoms with E-state index in [0.717, 1.165) is 0 Å². The molecular formula is C6H4BrClN2O2. The van der Waals surface area contributed by atoms with Gasteiger partial charge in [0.05, 0.1) is 5.03 Å². The minimum Gasteiger partial charge on any atom is -0.364 e. The summed E-state index contributed by atoms with van der Waals surface area (Å²) in [6.07, 6.45) is 1.37. The Labute approximate surface area is 81.6 Å². The molecular weight excluding hydrogens is 247 g/mol. The van der Waals surface area contributed by atoms with E-state index in [9.17, 15) is 9.59 Å². The zero-order chi connectivity index (χ0) is 9.30. The molecule has 0 aliphatic carbocycles. The third kappa shape index (κ3) is 1.73. The van der Waals surface area contributed by atoms with Gasteiger partial charge in [0.15, 0.2) is 0 Å². The van der Waals surface area contributed by atoms with E-state index in [1.54, 1.807) is 0 Å². The first-order valence-corrected chi connectivity index (χ1v) is 4.26. The van der Waals surface area contributed by atoms with Gasteiger partial charge in [0, 0.05) is 0 Å². The highest BCUT2D eigenvalue weighted by atomic mass is 79.9. The Morgan fingerprint density at radius 1 is 1.75 bits per heavy atom. The van der Waals surface area contributed by atoms with E-state index >= 15 is 0 Å². The van der Waals surface area contributed by atoms with E-state index < -0.39 is 16.6 Å². The van der Waals surface area contributed by atoms with Gasteiger partial charge in [-0.15, -0.1) is 0 Å². The maximum Gasteiger partial charge on any atom is 0.268 e. The van der Waals surface area contributed by atoms with E-state index in [0.29, 0.717) is 0 Å². The summed E-state index contributed by atoms with van der Waals surface area (Å²) in [4.78, 5) is 24.4. The number of dihydropyridines is 1. The second-order valence-corrected chi connectivity index (χ2v) is 3.47. The number of aliphatic imine (C=N–C) groups is 1. The van der Waals surface area contributed by atoms with Crippen molar-refractivity contribution >= 4 is 45.1 Å². The predicted molar refractivity (Wildman–Crippen MR) is 48.3 cm³/mol. The monoisotopic (exact) mass is 250 g/mol. The Morgan fingerprint density at radius 2 is 2.33 bits per heavy atom. The Kier molecular flexibility index (Phi) is 2.64. The molecule has 0 aromatic carbocycles.